The Kier molecular flexibility index (Phi) is 3.93. The number of benzene rings is 2. The summed E-state index contributed by atoms with van der Waals surface area (Å²) in [6, 6.07) is 10.3. The summed E-state index contributed by atoms with van der Waals surface area (Å²) in [4.78, 5) is 0. The molecule has 2 atom stereocenters. The van der Waals surface area contributed by atoms with E-state index in [1.807, 2.05) is 18.2 Å². The fourth-order valence-corrected chi connectivity index (χ4v) is 2.65. The number of epoxide rings is 2. The minimum absolute atomic E-state index is 0.230. The molecule has 0 spiro atoms. The van der Waals surface area contributed by atoms with E-state index >= 15 is 0 Å². The van der Waals surface area contributed by atoms with Gasteiger partial charge in [-0.25, -0.2) is 0 Å². The van der Waals surface area contributed by atoms with Gasteiger partial charge in [-0.3, -0.25) is 0 Å². The first-order valence-electron chi connectivity index (χ1n) is 7.99. The van der Waals surface area contributed by atoms with Crippen LogP contribution < -0.4 is 9.47 Å². The maximum Gasteiger partial charge on any atom is 0.130 e. The van der Waals surface area contributed by atoms with Crippen molar-refractivity contribution in [2.75, 3.05) is 26.4 Å². The van der Waals surface area contributed by atoms with E-state index in [2.05, 4.69) is 24.8 Å². The summed E-state index contributed by atoms with van der Waals surface area (Å²) in [5.41, 5.74) is 1.14. The Morgan fingerprint density at radius 1 is 1.00 bits per heavy atom. The molecule has 4 rings (SSSR count). The zero-order valence-electron chi connectivity index (χ0n) is 13.0. The van der Waals surface area contributed by atoms with E-state index in [1.54, 1.807) is 0 Å². The van der Waals surface area contributed by atoms with E-state index in [0.717, 1.165) is 47.5 Å². The maximum atomic E-state index is 6.07. The first kappa shape index (κ1) is 14.5. The van der Waals surface area contributed by atoms with E-state index in [-0.39, 0.29) is 12.2 Å². The molecule has 0 N–H and O–H groups in total. The van der Waals surface area contributed by atoms with Crippen molar-refractivity contribution in [3.63, 3.8) is 0 Å². The van der Waals surface area contributed by atoms with Crippen molar-refractivity contribution in [2.24, 2.45) is 0 Å². The number of allylic oxidation sites excluding steroid dienone is 1. The van der Waals surface area contributed by atoms with Crippen molar-refractivity contribution in [2.45, 2.75) is 18.6 Å². The molecule has 4 heteroatoms. The van der Waals surface area contributed by atoms with Gasteiger partial charge >= 0.3 is 0 Å². The lowest BCUT2D eigenvalue weighted by Gasteiger charge is -2.15. The highest BCUT2D eigenvalue weighted by atomic mass is 16.6. The van der Waals surface area contributed by atoms with Gasteiger partial charge < -0.3 is 18.9 Å². The van der Waals surface area contributed by atoms with Crippen LogP contribution in [0, 0.1) is 0 Å². The van der Waals surface area contributed by atoms with Crippen LogP contribution in [0.15, 0.2) is 43.0 Å². The minimum Gasteiger partial charge on any atom is -0.490 e. The van der Waals surface area contributed by atoms with Gasteiger partial charge in [0.25, 0.3) is 0 Å². The molecule has 2 aliphatic rings. The highest BCUT2D eigenvalue weighted by Gasteiger charge is 2.25. The van der Waals surface area contributed by atoms with Crippen molar-refractivity contribution < 1.29 is 18.9 Å². The van der Waals surface area contributed by atoms with Gasteiger partial charge in [-0.05, 0) is 18.1 Å². The van der Waals surface area contributed by atoms with Crippen molar-refractivity contribution in [3.8, 4) is 11.5 Å². The number of hydrogen-bond donors (Lipinski definition) is 0. The van der Waals surface area contributed by atoms with E-state index in [4.69, 9.17) is 18.9 Å². The Hall–Kier alpha value is -2.04. The molecule has 2 unspecified atom stereocenters. The average molecular weight is 312 g/mol. The Balaban J connectivity index is 1.68. The van der Waals surface area contributed by atoms with Gasteiger partial charge in [0, 0.05) is 10.8 Å². The van der Waals surface area contributed by atoms with Crippen LogP contribution in [0.5, 0.6) is 11.5 Å². The lowest BCUT2D eigenvalue weighted by molar-refractivity contribution is 0.262. The number of rotatable bonds is 8. The third-order valence-electron chi connectivity index (χ3n) is 4.06. The number of fused-ring (bicyclic) bond motifs is 1. The largest absolute Gasteiger partial charge is 0.490 e. The summed E-state index contributed by atoms with van der Waals surface area (Å²) < 4.78 is 22.4. The van der Waals surface area contributed by atoms with Crippen LogP contribution in [-0.4, -0.2) is 38.6 Å². The maximum absolute atomic E-state index is 6.07. The van der Waals surface area contributed by atoms with Crippen molar-refractivity contribution in [1.29, 1.82) is 0 Å². The van der Waals surface area contributed by atoms with Crippen LogP contribution in [0.4, 0.5) is 0 Å². The predicted octanol–water partition coefficient (Wildman–Crippen LogP) is 3.12. The number of ether oxygens (including phenoxy) is 4. The highest BCUT2D eigenvalue weighted by Crippen LogP contribution is 2.36. The molecule has 2 aliphatic heterocycles. The first-order valence-corrected chi connectivity index (χ1v) is 7.99. The third kappa shape index (κ3) is 3.33. The van der Waals surface area contributed by atoms with Gasteiger partial charge in [-0.15, -0.1) is 6.58 Å². The summed E-state index contributed by atoms with van der Waals surface area (Å²) in [7, 11) is 0. The molecule has 0 saturated carbocycles. The van der Waals surface area contributed by atoms with Crippen LogP contribution in [0.2, 0.25) is 0 Å². The quantitative estimate of drug-likeness (QED) is 0.555. The van der Waals surface area contributed by atoms with Crippen LogP contribution >= 0.6 is 0 Å². The van der Waals surface area contributed by atoms with E-state index in [1.165, 1.54) is 0 Å². The average Bonchev–Trinajstić information content (AvgIpc) is 3.46. The second-order valence-electron chi connectivity index (χ2n) is 5.93. The van der Waals surface area contributed by atoms with Crippen LogP contribution in [0.3, 0.4) is 0 Å². The van der Waals surface area contributed by atoms with Crippen molar-refractivity contribution in [1.82, 2.24) is 0 Å². The summed E-state index contributed by atoms with van der Waals surface area (Å²) >= 11 is 0. The SMILES string of the molecule is C=CCc1ccc2c(OCC3CO3)cccc2c1OCC1CO1. The number of hydrogen-bond acceptors (Lipinski definition) is 4. The normalized spacial score (nSPS) is 21.9. The fourth-order valence-electron chi connectivity index (χ4n) is 2.65. The molecule has 2 heterocycles. The summed E-state index contributed by atoms with van der Waals surface area (Å²) in [5, 5.41) is 2.13. The van der Waals surface area contributed by atoms with Crippen molar-refractivity contribution in [3.05, 3.63) is 48.6 Å². The Morgan fingerprint density at radius 2 is 1.74 bits per heavy atom. The second-order valence-corrected chi connectivity index (χ2v) is 5.93. The van der Waals surface area contributed by atoms with E-state index in [0.29, 0.717) is 13.2 Å². The molecule has 0 aliphatic carbocycles. The molecule has 0 radical (unpaired) electrons. The Labute approximate surface area is 135 Å². The van der Waals surface area contributed by atoms with Gasteiger partial charge in [-0.1, -0.05) is 30.3 Å². The standard InChI is InChI=1S/C19H20O4/c1-2-4-13-7-8-16-17(19(13)23-12-15-10-21-15)5-3-6-18(16)22-11-14-9-20-14/h2-3,5-8,14-15H,1,4,9-12H2. The van der Waals surface area contributed by atoms with Gasteiger partial charge in [0.05, 0.1) is 13.2 Å². The zero-order chi connectivity index (χ0) is 15.6. The molecule has 0 aromatic heterocycles. The van der Waals surface area contributed by atoms with Crippen LogP contribution in [-0.2, 0) is 15.9 Å². The molecule has 2 saturated heterocycles. The lowest BCUT2D eigenvalue weighted by Crippen LogP contribution is -2.07. The zero-order valence-corrected chi connectivity index (χ0v) is 13.0. The molecule has 0 amide bonds. The highest BCUT2D eigenvalue weighted by molar-refractivity contribution is 5.94. The molecule has 23 heavy (non-hydrogen) atoms. The van der Waals surface area contributed by atoms with Crippen LogP contribution in [0.1, 0.15) is 5.56 Å². The van der Waals surface area contributed by atoms with Gasteiger partial charge in [0.2, 0.25) is 0 Å². The monoisotopic (exact) mass is 312 g/mol. The molecule has 2 fully saturated rings. The topological polar surface area (TPSA) is 43.5 Å². The Morgan fingerprint density at radius 3 is 2.43 bits per heavy atom. The Bertz CT molecular complexity index is 717. The fraction of sp³-hybridized carbons (Fsp3) is 0.368. The van der Waals surface area contributed by atoms with E-state index < -0.39 is 0 Å². The predicted molar refractivity (Wildman–Crippen MR) is 88.3 cm³/mol. The smallest absolute Gasteiger partial charge is 0.130 e. The molecular weight excluding hydrogens is 292 g/mol. The van der Waals surface area contributed by atoms with Crippen molar-refractivity contribution >= 4 is 10.8 Å². The molecule has 4 nitrogen and oxygen atoms in total. The summed E-state index contributed by atoms with van der Waals surface area (Å²) in [6.45, 7) is 6.61. The molecule has 120 valence electrons. The molecule has 0 bridgehead atoms. The summed E-state index contributed by atoms with van der Waals surface area (Å²) in [6.07, 6.45) is 3.14. The lowest BCUT2D eigenvalue weighted by atomic mass is 10.0. The van der Waals surface area contributed by atoms with Gasteiger partial charge in [-0.2, -0.15) is 0 Å². The van der Waals surface area contributed by atoms with E-state index in [9.17, 15) is 0 Å². The second kappa shape index (κ2) is 6.22. The van der Waals surface area contributed by atoms with Gasteiger partial charge in [0.15, 0.2) is 0 Å². The molecular formula is C19H20O4. The molecule has 2 aromatic rings. The third-order valence-corrected chi connectivity index (χ3v) is 4.06. The van der Waals surface area contributed by atoms with Gasteiger partial charge in [0.1, 0.15) is 36.9 Å². The molecule has 2 aromatic carbocycles. The minimum atomic E-state index is 0.230. The van der Waals surface area contributed by atoms with Crippen LogP contribution in [0.25, 0.3) is 10.8 Å². The first-order chi connectivity index (χ1) is 11.3. The summed E-state index contributed by atoms with van der Waals surface area (Å²) in [5.74, 6) is 1.78.